The molecule has 28 heavy (non-hydrogen) atoms. The summed E-state index contributed by atoms with van der Waals surface area (Å²) < 4.78 is 1.25. The first kappa shape index (κ1) is 19.0. The summed E-state index contributed by atoms with van der Waals surface area (Å²) in [5.41, 5.74) is 2.18. The molecule has 0 saturated carbocycles. The molecule has 1 fully saturated rings. The minimum absolute atomic E-state index is 0.293. The largest absolute Gasteiger partial charge is 0.340 e. The van der Waals surface area contributed by atoms with Crippen LogP contribution in [0.1, 0.15) is 30.0 Å². The molecule has 0 radical (unpaired) electrons. The summed E-state index contributed by atoms with van der Waals surface area (Å²) >= 11 is 1.77. The minimum Gasteiger partial charge on any atom is -0.340 e. The Morgan fingerprint density at radius 1 is 1.00 bits per heavy atom. The number of aromatic nitrogens is 2. The van der Waals surface area contributed by atoms with Gasteiger partial charge in [-0.05, 0) is 43.5 Å². The lowest BCUT2D eigenvalue weighted by molar-refractivity contribution is -0.133. The standard InChI is InChI=1S/C22H26N4OS/c27-22(11-4-3-10-21-24-19-8-1-2-9-20(19)28-21)26-15-13-25(14-16-26)17-18-7-5-6-12-23-18/h1-2,5-9,12H,3-4,10-11,13-17H2. The predicted octanol–water partition coefficient (Wildman–Crippen LogP) is 3.75. The smallest absolute Gasteiger partial charge is 0.222 e. The lowest BCUT2D eigenvalue weighted by Gasteiger charge is -2.34. The van der Waals surface area contributed by atoms with E-state index >= 15 is 0 Å². The van der Waals surface area contributed by atoms with E-state index in [9.17, 15) is 4.79 Å². The molecule has 6 heteroatoms. The number of thiazole rings is 1. The van der Waals surface area contributed by atoms with E-state index in [1.165, 1.54) is 9.71 Å². The Balaban J connectivity index is 1.15. The summed E-state index contributed by atoms with van der Waals surface area (Å²) in [6.07, 6.45) is 5.40. The van der Waals surface area contributed by atoms with Crippen molar-refractivity contribution in [2.75, 3.05) is 26.2 Å². The van der Waals surface area contributed by atoms with Crippen molar-refractivity contribution in [2.24, 2.45) is 0 Å². The van der Waals surface area contributed by atoms with Crippen LogP contribution in [0.5, 0.6) is 0 Å². The highest BCUT2D eigenvalue weighted by Crippen LogP contribution is 2.23. The average Bonchev–Trinajstić information content (AvgIpc) is 3.15. The van der Waals surface area contributed by atoms with Gasteiger partial charge >= 0.3 is 0 Å². The van der Waals surface area contributed by atoms with Crippen molar-refractivity contribution >= 4 is 27.5 Å². The van der Waals surface area contributed by atoms with Gasteiger partial charge in [-0.25, -0.2) is 4.98 Å². The maximum Gasteiger partial charge on any atom is 0.222 e. The first-order valence-corrected chi connectivity index (χ1v) is 10.8. The minimum atomic E-state index is 0.293. The van der Waals surface area contributed by atoms with Crippen molar-refractivity contribution in [1.82, 2.24) is 19.8 Å². The van der Waals surface area contributed by atoms with Crippen LogP contribution in [0.3, 0.4) is 0 Å². The Morgan fingerprint density at radius 2 is 1.82 bits per heavy atom. The number of para-hydroxylation sites is 1. The Bertz CT molecular complexity index is 870. The number of benzene rings is 1. The lowest BCUT2D eigenvalue weighted by Crippen LogP contribution is -2.48. The van der Waals surface area contributed by atoms with Crippen LogP contribution in [0.2, 0.25) is 0 Å². The van der Waals surface area contributed by atoms with Crippen LogP contribution in [0.15, 0.2) is 48.7 Å². The van der Waals surface area contributed by atoms with Crippen molar-refractivity contribution in [1.29, 1.82) is 0 Å². The molecule has 1 saturated heterocycles. The fourth-order valence-electron chi connectivity index (χ4n) is 3.61. The van der Waals surface area contributed by atoms with Crippen LogP contribution < -0.4 is 0 Å². The molecule has 1 aliphatic rings. The van der Waals surface area contributed by atoms with Crippen LogP contribution in [0.25, 0.3) is 10.2 Å². The number of hydrogen-bond acceptors (Lipinski definition) is 5. The number of carbonyl (C=O) groups is 1. The van der Waals surface area contributed by atoms with E-state index in [0.717, 1.165) is 63.2 Å². The van der Waals surface area contributed by atoms with Crippen LogP contribution in [0, 0.1) is 0 Å². The lowest BCUT2D eigenvalue weighted by atomic mass is 10.1. The number of carbonyl (C=O) groups excluding carboxylic acids is 1. The first-order chi connectivity index (χ1) is 13.8. The third-order valence-electron chi connectivity index (χ3n) is 5.21. The van der Waals surface area contributed by atoms with Gasteiger partial charge in [0.15, 0.2) is 0 Å². The zero-order chi connectivity index (χ0) is 19.2. The van der Waals surface area contributed by atoms with Gasteiger partial charge < -0.3 is 4.90 Å². The molecule has 146 valence electrons. The fraction of sp³-hybridized carbons (Fsp3) is 0.409. The van der Waals surface area contributed by atoms with Gasteiger partial charge in [0, 0.05) is 45.3 Å². The van der Waals surface area contributed by atoms with Crippen molar-refractivity contribution < 1.29 is 4.79 Å². The number of aryl methyl sites for hydroxylation is 1. The number of fused-ring (bicyclic) bond motifs is 1. The van der Waals surface area contributed by atoms with E-state index in [0.29, 0.717) is 12.3 Å². The number of amides is 1. The third-order valence-corrected chi connectivity index (χ3v) is 6.30. The molecule has 4 rings (SSSR count). The number of nitrogens with zero attached hydrogens (tertiary/aromatic N) is 4. The molecule has 0 bridgehead atoms. The van der Waals surface area contributed by atoms with Crippen molar-refractivity contribution in [3.05, 3.63) is 59.4 Å². The molecule has 2 aromatic heterocycles. The summed E-state index contributed by atoms with van der Waals surface area (Å²) in [5, 5.41) is 1.18. The van der Waals surface area contributed by atoms with Gasteiger partial charge in [0.25, 0.3) is 0 Å². The topological polar surface area (TPSA) is 49.3 Å². The first-order valence-electron chi connectivity index (χ1n) is 10.0. The predicted molar refractivity (Wildman–Crippen MR) is 113 cm³/mol. The summed E-state index contributed by atoms with van der Waals surface area (Å²) in [6, 6.07) is 14.3. The molecular formula is C22H26N4OS. The van der Waals surface area contributed by atoms with Crippen molar-refractivity contribution in [3.63, 3.8) is 0 Å². The van der Waals surface area contributed by atoms with Gasteiger partial charge in [-0.3, -0.25) is 14.7 Å². The third kappa shape index (κ3) is 4.94. The van der Waals surface area contributed by atoms with Gasteiger partial charge in [0.05, 0.1) is 20.9 Å². The van der Waals surface area contributed by atoms with Gasteiger partial charge in [0.2, 0.25) is 5.91 Å². The van der Waals surface area contributed by atoms with E-state index < -0.39 is 0 Å². The maximum absolute atomic E-state index is 12.5. The van der Waals surface area contributed by atoms with Gasteiger partial charge in [-0.15, -0.1) is 11.3 Å². The quantitative estimate of drug-likeness (QED) is 0.573. The molecule has 1 amide bonds. The summed E-state index contributed by atoms with van der Waals surface area (Å²) in [4.78, 5) is 26.0. The molecule has 0 N–H and O–H groups in total. The maximum atomic E-state index is 12.5. The summed E-state index contributed by atoms with van der Waals surface area (Å²) in [6.45, 7) is 4.36. The Hall–Kier alpha value is -2.31. The molecule has 3 heterocycles. The number of unbranched alkanes of at least 4 members (excludes halogenated alkanes) is 1. The van der Waals surface area contributed by atoms with E-state index in [2.05, 4.69) is 39.1 Å². The van der Waals surface area contributed by atoms with Crippen LogP contribution in [-0.4, -0.2) is 51.9 Å². The van der Waals surface area contributed by atoms with Crippen LogP contribution in [-0.2, 0) is 17.8 Å². The summed E-state index contributed by atoms with van der Waals surface area (Å²) in [7, 11) is 0. The van der Waals surface area contributed by atoms with E-state index in [1.54, 1.807) is 11.3 Å². The molecule has 1 aliphatic heterocycles. The zero-order valence-corrected chi connectivity index (χ0v) is 16.9. The van der Waals surface area contributed by atoms with E-state index in [1.807, 2.05) is 29.3 Å². The molecular weight excluding hydrogens is 368 g/mol. The molecule has 0 unspecified atom stereocenters. The van der Waals surface area contributed by atoms with Crippen LogP contribution in [0.4, 0.5) is 0 Å². The van der Waals surface area contributed by atoms with Gasteiger partial charge in [-0.2, -0.15) is 0 Å². The van der Waals surface area contributed by atoms with Gasteiger partial charge in [-0.1, -0.05) is 18.2 Å². The Morgan fingerprint density at radius 3 is 2.61 bits per heavy atom. The number of rotatable bonds is 7. The number of pyridine rings is 1. The Labute approximate surface area is 170 Å². The van der Waals surface area contributed by atoms with E-state index in [-0.39, 0.29) is 0 Å². The monoisotopic (exact) mass is 394 g/mol. The average molecular weight is 395 g/mol. The fourth-order valence-corrected chi connectivity index (χ4v) is 4.62. The zero-order valence-electron chi connectivity index (χ0n) is 16.1. The second-order valence-electron chi connectivity index (χ2n) is 7.26. The van der Waals surface area contributed by atoms with Crippen molar-refractivity contribution in [2.45, 2.75) is 32.2 Å². The highest BCUT2D eigenvalue weighted by Gasteiger charge is 2.20. The molecule has 5 nitrogen and oxygen atoms in total. The van der Waals surface area contributed by atoms with Crippen LogP contribution >= 0.6 is 11.3 Å². The molecule has 0 atom stereocenters. The van der Waals surface area contributed by atoms with E-state index in [4.69, 9.17) is 0 Å². The SMILES string of the molecule is O=C(CCCCc1nc2ccccc2s1)N1CCN(Cc2ccccn2)CC1. The normalized spacial score (nSPS) is 15.2. The highest BCUT2D eigenvalue weighted by atomic mass is 32.1. The molecule has 3 aromatic rings. The second-order valence-corrected chi connectivity index (χ2v) is 8.38. The highest BCUT2D eigenvalue weighted by molar-refractivity contribution is 7.18. The molecule has 0 aliphatic carbocycles. The molecule has 1 aromatic carbocycles. The van der Waals surface area contributed by atoms with Gasteiger partial charge in [0.1, 0.15) is 0 Å². The van der Waals surface area contributed by atoms with Crippen molar-refractivity contribution in [3.8, 4) is 0 Å². The number of hydrogen-bond donors (Lipinski definition) is 0. The number of piperazine rings is 1. The molecule has 0 spiro atoms. The summed E-state index contributed by atoms with van der Waals surface area (Å²) in [5.74, 6) is 0.293. The second kappa shape index (κ2) is 9.26. The Kier molecular flexibility index (Phi) is 6.29.